The number of benzene rings is 4. The summed E-state index contributed by atoms with van der Waals surface area (Å²) in [6.07, 6.45) is 17.6. The molecule has 0 unspecified atom stereocenters. The molecule has 0 bridgehead atoms. The van der Waals surface area contributed by atoms with Gasteiger partial charge in [0, 0.05) is 0 Å². The third-order valence-corrected chi connectivity index (χ3v) is 9.88. The Hall–Kier alpha value is -2.44. The molecular weight excluding hydrogens is 713 g/mol. The maximum absolute atomic E-state index is 10.9. The molecule has 0 aromatic heterocycles. The number of hydrogen-bond donors (Lipinski definition) is 0. The maximum Gasteiger partial charge on any atom is 2.00 e. The molecule has 0 atom stereocenters. The molecule has 0 N–H and O–H groups in total. The second kappa shape index (κ2) is 24.0. The van der Waals surface area contributed by atoms with Gasteiger partial charge < -0.3 is 18.6 Å². The average Bonchev–Trinajstić information content (AvgIpc) is 3.09. The summed E-state index contributed by atoms with van der Waals surface area (Å²) in [5, 5.41) is 0. The Bertz CT molecular complexity index is 1610. The number of aryl methyl sites for hydroxylation is 2. The van der Waals surface area contributed by atoms with Gasteiger partial charge in [0.05, 0.1) is 9.79 Å². The van der Waals surface area contributed by atoms with Crippen molar-refractivity contribution < 1.29 is 35.4 Å². The standard InChI is InChI=1S/2C20H26O4S.Ca/c2*1-2-3-4-5-6-7-8-17-9-11-18(12-10-17)24-19-13-15-20(16-14-19)25(21,22)23;/h2*9-16H,2-8H2,1H3,(H,21,22,23);/q;;+2/p-2. The topological polar surface area (TPSA) is 133 Å². The Morgan fingerprint density at radius 1 is 0.412 bits per heavy atom. The number of hydrogen-bond acceptors (Lipinski definition) is 8. The Labute approximate surface area is 335 Å². The maximum atomic E-state index is 10.9. The van der Waals surface area contributed by atoms with Gasteiger partial charge in [-0.1, -0.05) is 102 Å². The molecular formula is C40H50CaO8S2. The molecule has 0 spiro atoms. The molecule has 0 radical (unpaired) electrons. The predicted octanol–water partition coefficient (Wildman–Crippen LogP) is 10.2. The summed E-state index contributed by atoms with van der Waals surface area (Å²) < 4.78 is 76.8. The van der Waals surface area contributed by atoms with E-state index in [1.807, 2.05) is 24.3 Å². The fraction of sp³-hybridized carbons (Fsp3) is 0.400. The van der Waals surface area contributed by atoms with E-state index < -0.39 is 20.2 Å². The van der Waals surface area contributed by atoms with Crippen LogP contribution in [0.2, 0.25) is 0 Å². The van der Waals surface area contributed by atoms with Crippen molar-refractivity contribution in [1.29, 1.82) is 0 Å². The van der Waals surface area contributed by atoms with E-state index in [4.69, 9.17) is 9.47 Å². The Kier molecular flexibility index (Phi) is 21.0. The molecule has 0 heterocycles. The zero-order valence-electron chi connectivity index (χ0n) is 29.9. The average molecular weight is 763 g/mol. The minimum absolute atomic E-state index is 0. The first-order chi connectivity index (χ1) is 24.0. The molecule has 4 rings (SSSR count). The van der Waals surface area contributed by atoms with E-state index in [1.165, 1.54) is 137 Å². The third-order valence-electron chi connectivity index (χ3n) is 8.18. The summed E-state index contributed by atoms with van der Waals surface area (Å²) in [5.74, 6) is 2.36. The SMILES string of the molecule is CCCCCCCCc1ccc(Oc2ccc(S(=O)(=O)[O-])cc2)cc1.CCCCCCCCc1ccc(Oc2ccc(S(=O)(=O)[O-])cc2)cc1.[Ca+2]. The summed E-state index contributed by atoms with van der Waals surface area (Å²) in [6, 6.07) is 26.8. The predicted molar refractivity (Wildman–Crippen MR) is 202 cm³/mol. The molecule has 0 amide bonds. The minimum Gasteiger partial charge on any atom is -0.744 e. The van der Waals surface area contributed by atoms with E-state index in [1.54, 1.807) is 0 Å². The van der Waals surface area contributed by atoms with Crippen LogP contribution in [0.25, 0.3) is 0 Å². The van der Waals surface area contributed by atoms with Crippen LogP contribution in [0.15, 0.2) is 107 Å². The van der Waals surface area contributed by atoms with Crippen molar-refractivity contribution in [3.05, 3.63) is 108 Å². The van der Waals surface area contributed by atoms with Gasteiger partial charge in [-0.05, 0) is 110 Å². The van der Waals surface area contributed by atoms with Gasteiger partial charge >= 0.3 is 37.7 Å². The van der Waals surface area contributed by atoms with Crippen LogP contribution in [0.3, 0.4) is 0 Å². The van der Waals surface area contributed by atoms with E-state index >= 15 is 0 Å². The summed E-state index contributed by atoms with van der Waals surface area (Å²) >= 11 is 0. The van der Waals surface area contributed by atoms with Crippen molar-refractivity contribution in [2.75, 3.05) is 0 Å². The first-order valence-electron chi connectivity index (χ1n) is 17.6. The smallest absolute Gasteiger partial charge is 0.744 e. The second-order valence-corrected chi connectivity index (χ2v) is 15.1. The minimum atomic E-state index is -4.42. The van der Waals surface area contributed by atoms with Crippen LogP contribution in [0.4, 0.5) is 0 Å². The van der Waals surface area contributed by atoms with E-state index in [2.05, 4.69) is 38.1 Å². The van der Waals surface area contributed by atoms with Crippen LogP contribution in [-0.4, -0.2) is 63.7 Å². The molecule has 4 aromatic carbocycles. The molecule has 0 saturated carbocycles. The van der Waals surface area contributed by atoms with Crippen molar-refractivity contribution in [3.63, 3.8) is 0 Å². The summed E-state index contributed by atoms with van der Waals surface area (Å²) in [6.45, 7) is 4.45. The quantitative estimate of drug-likeness (QED) is 0.0494. The fourth-order valence-corrected chi connectivity index (χ4v) is 6.23. The molecule has 272 valence electrons. The molecule has 4 aromatic rings. The Morgan fingerprint density at radius 3 is 0.941 bits per heavy atom. The normalized spacial score (nSPS) is 11.2. The number of ether oxygens (including phenoxy) is 2. The van der Waals surface area contributed by atoms with Gasteiger partial charge in [-0.25, -0.2) is 16.8 Å². The van der Waals surface area contributed by atoms with Crippen molar-refractivity contribution in [2.24, 2.45) is 0 Å². The fourth-order valence-electron chi connectivity index (χ4n) is 5.29. The van der Waals surface area contributed by atoms with Gasteiger partial charge in [-0.15, -0.1) is 0 Å². The first-order valence-corrected chi connectivity index (χ1v) is 20.4. The van der Waals surface area contributed by atoms with Gasteiger partial charge in [0.15, 0.2) is 0 Å². The Morgan fingerprint density at radius 2 is 0.667 bits per heavy atom. The summed E-state index contributed by atoms with van der Waals surface area (Å²) in [7, 11) is -8.84. The van der Waals surface area contributed by atoms with E-state index in [0.717, 1.165) is 12.8 Å². The van der Waals surface area contributed by atoms with Gasteiger partial charge in [-0.3, -0.25) is 0 Å². The molecule has 11 heteroatoms. The molecule has 51 heavy (non-hydrogen) atoms. The molecule has 0 saturated heterocycles. The zero-order valence-corrected chi connectivity index (χ0v) is 33.8. The van der Waals surface area contributed by atoms with E-state index in [-0.39, 0.29) is 47.5 Å². The molecule has 0 aliphatic carbocycles. The first kappa shape index (κ1) is 44.7. The molecule has 8 nitrogen and oxygen atoms in total. The van der Waals surface area contributed by atoms with Crippen LogP contribution in [0.1, 0.15) is 102 Å². The van der Waals surface area contributed by atoms with Crippen LogP contribution >= 0.6 is 0 Å². The van der Waals surface area contributed by atoms with E-state index in [9.17, 15) is 25.9 Å². The van der Waals surface area contributed by atoms with Crippen LogP contribution in [0.5, 0.6) is 23.0 Å². The molecule has 0 aliphatic rings. The summed E-state index contributed by atoms with van der Waals surface area (Å²) in [5.41, 5.74) is 2.58. The molecule has 0 fully saturated rings. The largest absolute Gasteiger partial charge is 2.00 e. The van der Waals surface area contributed by atoms with Crippen molar-refractivity contribution in [1.82, 2.24) is 0 Å². The van der Waals surface area contributed by atoms with Gasteiger partial charge in [-0.2, -0.15) is 0 Å². The van der Waals surface area contributed by atoms with Crippen LogP contribution < -0.4 is 9.47 Å². The van der Waals surface area contributed by atoms with Gasteiger partial charge in [0.25, 0.3) is 0 Å². The number of rotatable bonds is 20. The Balaban J connectivity index is 0.000000347. The van der Waals surface area contributed by atoms with Crippen molar-refractivity contribution >= 4 is 58.0 Å². The second-order valence-electron chi connectivity index (χ2n) is 12.4. The van der Waals surface area contributed by atoms with Gasteiger partial charge in [0.1, 0.15) is 43.2 Å². The van der Waals surface area contributed by atoms with Crippen molar-refractivity contribution in [3.8, 4) is 23.0 Å². The van der Waals surface area contributed by atoms with Crippen molar-refractivity contribution in [2.45, 2.75) is 114 Å². The monoisotopic (exact) mass is 762 g/mol. The number of unbranched alkanes of at least 4 members (excludes halogenated alkanes) is 10. The third kappa shape index (κ3) is 18.2. The molecule has 0 aliphatic heterocycles. The van der Waals surface area contributed by atoms with E-state index in [0.29, 0.717) is 23.0 Å². The van der Waals surface area contributed by atoms with Crippen LogP contribution in [-0.2, 0) is 33.1 Å². The zero-order chi connectivity index (χ0) is 36.2. The summed E-state index contributed by atoms with van der Waals surface area (Å²) in [4.78, 5) is -0.511. The van der Waals surface area contributed by atoms with Gasteiger partial charge in [0.2, 0.25) is 0 Å². The van der Waals surface area contributed by atoms with Crippen LogP contribution in [0, 0.1) is 0 Å².